The van der Waals surface area contributed by atoms with Crippen molar-refractivity contribution < 1.29 is 19.1 Å². The summed E-state index contributed by atoms with van der Waals surface area (Å²) >= 11 is 0. The zero-order chi connectivity index (χ0) is 21.2. The Labute approximate surface area is 180 Å². The van der Waals surface area contributed by atoms with Crippen molar-refractivity contribution in [1.29, 1.82) is 0 Å². The van der Waals surface area contributed by atoms with E-state index in [-0.39, 0.29) is 18.7 Å². The molecule has 6 nitrogen and oxygen atoms in total. The smallest absolute Gasteiger partial charge is 0.264 e. The number of ether oxygens (including phenoxy) is 2. The quantitative estimate of drug-likeness (QED) is 0.593. The summed E-state index contributed by atoms with van der Waals surface area (Å²) in [6.45, 7) is 1.48. The Morgan fingerprint density at radius 1 is 0.968 bits per heavy atom. The molecule has 156 valence electrons. The molecular formula is C25H22N2O4. The summed E-state index contributed by atoms with van der Waals surface area (Å²) in [5.41, 5.74) is 3.39. The van der Waals surface area contributed by atoms with Gasteiger partial charge in [0, 0.05) is 18.7 Å². The molecule has 0 aromatic heterocycles. The van der Waals surface area contributed by atoms with Gasteiger partial charge in [-0.2, -0.15) is 0 Å². The van der Waals surface area contributed by atoms with Gasteiger partial charge in [0.15, 0.2) is 6.73 Å². The summed E-state index contributed by atoms with van der Waals surface area (Å²) in [6.07, 6.45) is 1.68. The zero-order valence-electron chi connectivity index (χ0n) is 16.9. The Hall–Kier alpha value is -3.80. The van der Waals surface area contributed by atoms with E-state index >= 15 is 0 Å². The Balaban J connectivity index is 1.30. The number of carbonyl (C=O) groups excluding carboxylic acids is 2. The maximum atomic E-state index is 13.1. The van der Waals surface area contributed by atoms with E-state index in [0.717, 1.165) is 41.9 Å². The highest BCUT2D eigenvalue weighted by molar-refractivity contribution is 6.09. The van der Waals surface area contributed by atoms with Crippen LogP contribution in [0, 0.1) is 0 Å². The van der Waals surface area contributed by atoms with E-state index in [2.05, 4.69) is 0 Å². The number of carbonyl (C=O) groups is 2. The van der Waals surface area contributed by atoms with Gasteiger partial charge in [0.1, 0.15) is 17.6 Å². The van der Waals surface area contributed by atoms with Crippen LogP contribution in [-0.2, 0) is 4.79 Å². The van der Waals surface area contributed by atoms with Gasteiger partial charge in [-0.3, -0.25) is 14.5 Å². The maximum absolute atomic E-state index is 13.1. The fraction of sp³-hybridized carbons (Fsp3) is 0.200. The van der Waals surface area contributed by atoms with E-state index in [1.165, 1.54) is 0 Å². The van der Waals surface area contributed by atoms with Gasteiger partial charge in [-0.05, 0) is 47.5 Å². The van der Waals surface area contributed by atoms with Crippen LogP contribution in [0.4, 0.5) is 5.69 Å². The third-order valence-electron chi connectivity index (χ3n) is 5.69. The number of benzene rings is 3. The average molecular weight is 414 g/mol. The van der Waals surface area contributed by atoms with Crippen LogP contribution in [0.15, 0.2) is 72.8 Å². The SMILES string of the molecule is O=CN1CCC(Oc2ccc(N3COc4cc(-c5ccccc5)ccc4C3=O)cc2)C1. The second kappa shape index (κ2) is 8.14. The van der Waals surface area contributed by atoms with Crippen molar-refractivity contribution in [1.82, 2.24) is 4.90 Å². The third-order valence-corrected chi connectivity index (χ3v) is 5.69. The van der Waals surface area contributed by atoms with Crippen molar-refractivity contribution in [3.8, 4) is 22.6 Å². The molecule has 0 N–H and O–H groups in total. The van der Waals surface area contributed by atoms with Crippen molar-refractivity contribution in [3.05, 3.63) is 78.4 Å². The number of likely N-dealkylation sites (tertiary alicyclic amines) is 1. The molecule has 2 heterocycles. The highest BCUT2D eigenvalue weighted by Gasteiger charge is 2.27. The molecule has 5 rings (SSSR count). The lowest BCUT2D eigenvalue weighted by atomic mass is 10.0. The van der Waals surface area contributed by atoms with E-state index < -0.39 is 0 Å². The first kappa shape index (κ1) is 19.2. The van der Waals surface area contributed by atoms with Crippen molar-refractivity contribution in [2.75, 3.05) is 24.7 Å². The van der Waals surface area contributed by atoms with E-state index in [1.54, 1.807) is 9.80 Å². The summed E-state index contributed by atoms with van der Waals surface area (Å²) in [5, 5.41) is 0. The van der Waals surface area contributed by atoms with Crippen LogP contribution in [0.3, 0.4) is 0 Å². The van der Waals surface area contributed by atoms with E-state index in [4.69, 9.17) is 9.47 Å². The molecule has 1 atom stereocenters. The van der Waals surface area contributed by atoms with Gasteiger partial charge in [-0.25, -0.2) is 0 Å². The Kier molecular flexibility index (Phi) is 5.04. The Morgan fingerprint density at radius 2 is 1.77 bits per heavy atom. The first-order valence-corrected chi connectivity index (χ1v) is 10.3. The molecule has 2 aliphatic heterocycles. The van der Waals surface area contributed by atoms with Gasteiger partial charge in [0.2, 0.25) is 6.41 Å². The number of anilines is 1. The molecule has 2 aliphatic rings. The lowest BCUT2D eigenvalue weighted by Gasteiger charge is -2.29. The Morgan fingerprint density at radius 3 is 2.52 bits per heavy atom. The second-order valence-electron chi connectivity index (χ2n) is 7.71. The van der Waals surface area contributed by atoms with Crippen LogP contribution in [-0.4, -0.2) is 43.1 Å². The minimum atomic E-state index is -0.0908. The first-order chi connectivity index (χ1) is 15.2. The van der Waals surface area contributed by atoms with Crippen molar-refractivity contribution in [2.24, 2.45) is 0 Å². The summed E-state index contributed by atoms with van der Waals surface area (Å²) in [7, 11) is 0. The maximum Gasteiger partial charge on any atom is 0.264 e. The zero-order valence-corrected chi connectivity index (χ0v) is 16.9. The van der Waals surface area contributed by atoms with Crippen molar-refractivity contribution in [3.63, 3.8) is 0 Å². The number of fused-ring (bicyclic) bond motifs is 1. The van der Waals surface area contributed by atoms with Crippen molar-refractivity contribution >= 4 is 18.0 Å². The molecule has 1 unspecified atom stereocenters. The van der Waals surface area contributed by atoms with Crippen molar-refractivity contribution in [2.45, 2.75) is 12.5 Å². The van der Waals surface area contributed by atoms with Crippen LogP contribution >= 0.6 is 0 Å². The van der Waals surface area contributed by atoms with Gasteiger partial charge >= 0.3 is 0 Å². The fourth-order valence-electron chi connectivity index (χ4n) is 4.00. The number of nitrogens with zero attached hydrogens (tertiary/aromatic N) is 2. The van der Waals surface area contributed by atoms with E-state index in [0.29, 0.717) is 17.9 Å². The minimum Gasteiger partial charge on any atom is -0.489 e. The van der Waals surface area contributed by atoms with Crippen LogP contribution < -0.4 is 14.4 Å². The second-order valence-corrected chi connectivity index (χ2v) is 7.71. The highest BCUT2D eigenvalue weighted by atomic mass is 16.5. The minimum absolute atomic E-state index is 0.00156. The van der Waals surface area contributed by atoms with Gasteiger partial charge in [-0.15, -0.1) is 0 Å². The number of rotatable bonds is 5. The molecular weight excluding hydrogens is 392 g/mol. The number of hydrogen-bond acceptors (Lipinski definition) is 4. The number of amides is 2. The predicted octanol–water partition coefficient (Wildman–Crippen LogP) is 3.96. The van der Waals surface area contributed by atoms with Gasteiger partial charge < -0.3 is 14.4 Å². The molecule has 0 saturated carbocycles. The summed E-state index contributed by atoms with van der Waals surface area (Å²) in [6, 6.07) is 23.1. The predicted molar refractivity (Wildman–Crippen MR) is 117 cm³/mol. The number of hydrogen-bond donors (Lipinski definition) is 0. The van der Waals surface area contributed by atoms with Crippen LogP contribution in [0.5, 0.6) is 11.5 Å². The van der Waals surface area contributed by atoms with Crippen LogP contribution in [0.1, 0.15) is 16.8 Å². The molecule has 6 heteroatoms. The highest BCUT2D eigenvalue weighted by Crippen LogP contribution is 2.33. The standard InChI is InChI=1S/C25H22N2O4/c28-16-26-13-12-22(15-26)31-21-9-7-20(8-10-21)27-17-30-24-14-19(6-11-23(24)25(27)29)18-4-2-1-3-5-18/h1-11,14,16,22H,12-13,15,17H2. The largest absolute Gasteiger partial charge is 0.489 e. The first-order valence-electron chi connectivity index (χ1n) is 10.3. The summed E-state index contributed by atoms with van der Waals surface area (Å²) in [4.78, 5) is 27.2. The molecule has 3 aromatic rings. The molecule has 0 spiro atoms. The fourth-order valence-corrected chi connectivity index (χ4v) is 4.00. The molecule has 0 bridgehead atoms. The lowest BCUT2D eigenvalue weighted by Crippen LogP contribution is -2.38. The van der Waals surface area contributed by atoms with E-state index in [9.17, 15) is 9.59 Å². The molecule has 31 heavy (non-hydrogen) atoms. The third kappa shape index (κ3) is 3.84. The molecule has 0 aliphatic carbocycles. The van der Waals surface area contributed by atoms with E-state index in [1.807, 2.05) is 72.8 Å². The normalized spacial score (nSPS) is 17.8. The van der Waals surface area contributed by atoms with Crippen LogP contribution in [0.2, 0.25) is 0 Å². The molecule has 0 radical (unpaired) electrons. The van der Waals surface area contributed by atoms with Gasteiger partial charge in [-0.1, -0.05) is 36.4 Å². The lowest BCUT2D eigenvalue weighted by molar-refractivity contribution is -0.117. The topological polar surface area (TPSA) is 59.1 Å². The summed E-state index contributed by atoms with van der Waals surface area (Å²) < 4.78 is 11.9. The Bertz CT molecular complexity index is 1100. The van der Waals surface area contributed by atoms with Crippen LogP contribution in [0.25, 0.3) is 11.1 Å². The summed E-state index contributed by atoms with van der Waals surface area (Å²) in [5.74, 6) is 1.23. The van der Waals surface area contributed by atoms with Gasteiger partial charge in [0.25, 0.3) is 5.91 Å². The molecule has 1 saturated heterocycles. The molecule has 2 amide bonds. The molecule has 3 aromatic carbocycles. The average Bonchev–Trinajstić information content (AvgIpc) is 3.28. The monoisotopic (exact) mass is 414 g/mol. The molecule has 1 fully saturated rings. The van der Waals surface area contributed by atoms with Gasteiger partial charge in [0.05, 0.1) is 12.1 Å².